The highest BCUT2D eigenvalue weighted by molar-refractivity contribution is 5.81. The summed E-state index contributed by atoms with van der Waals surface area (Å²) in [4.78, 5) is 0. The molecule has 4 heteroatoms. The molecule has 0 spiro atoms. The van der Waals surface area contributed by atoms with Gasteiger partial charge in [-0.2, -0.15) is 0 Å². The molecule has 0 aromatic heterocycles. The Balaban J connectivity index is 0. The van der Waals surface area contributed by atoms with Gasteiger partial charge in [0.15, 0.2) is 0 Å². The van der Waals surface area contributed by atoms with E-state index in [0.717, 1.165) is 24.3 Å². The van der Waals surface area contributed by atoms with Gasteiger partial charge in [0.2, 0.25) is 0 Å². The first-order valence-corrected chi connectivity index (χ1v) is 3.97. The van der Waals surface area contributed by atoms with E-state index >= 15 is 0 Å². The number of oxime groups is 2. The van der Waals surface area contributed by atoms with Crippen LogP contribution in [0.2, 0.25) is 0 Å². The van der Waals surface area contributed by atoms with E-state index in [1.807, 2.05) is 13.8 Å². The van der Waals surface area contributed by atoms with Crippen LogP contribution >= 0.6 is 0 Å². The largest absolute Gasteiger partial charge is 0.411 e. The van der Waals surface area contributed by atoms with Crippen LogP contribution in [0.3, 0.4) is 0 Å². The molecule has 72 valence electrons. The predicted molar refractivity (Wildman–Crippen MR) is 50.4 cm³/mol. The topological polar surface area (TPSA) is 65.2 Å². The van der Waals surface area contributed by atoms with Gasteiger partial charge in [0.05, 0.1) is 11.4 Å². The van der Waals surface area contributed by atoms with Crippen LogP contribution in [0.1, 0.15) is 40.5 Å². The lowest BCUT2D eigenvalue weighted by Gasteiger charge is -1.81. The molecule has 0 aliphatic rings. The molecule has 0 aromatic rings. The Bertz CT molecular complexity index is 135. The van der Waals surface area contributed by atoms with Crippen molar-refractivity contribution in [2.45, 2.75) is 40.5 Å². The van der Waals surface area contributed by atoms with Crippen LogP contribution < -0.4 is 0 Å². The molecule has 0 aliphatic heterocycles. The average molecular weight is 174 g/mol. The molecule has 0 rings (SSSR count). The molecule has 0 aliphatic carbocycles. The van der Waals surface area contributed by atoms with Crippen molar-refractivity contribution in [1.29, 1.82) is 0 Å². The van der Waals surface area contributed by atoms with Crippen molar-refractivity contribution in [3.63, 3.8) is 0 Å². The van der Waals surface area contributed by atoms with Crippen LogP contribution in [0.4, 0.5) is 0 Å². The SMILES string of the molecule is CC/C(C)=N\O.CC/C(C)=N\O. The molecule has 0 heterocycles. The van der Waals surface area contributed by atoms with E-state index in [9.17, 15) is 0 Å². The fraction of sp³-hybridized carbons (Fsp3) is 0.750. The summed E-state index contributed by atoms with van der Waals surface area (Å²) in [6.45, 7) is 7.43. The second-order valence-electron chi connectivity index (χ2n) is 2.38. The van der Waals surface area contributed by atoms with Gasteiger partial charge in [-0.1, -0.05) is 24.2 Å². The predicted octanol–water partition coefficient (Wildman–Crippen LogP) is 2.49. The third kappa shape index (κ3) is 11.7. The van der Waals surface area contributed by atoms with Gasteiger partial charge in [-0.25, -0.2) is 0 Å². The van der Waals surface area contributed by atoms with Gasteiger partial charge in [-0.05, 0) is 26.7 Å². The first-order valence-electron chi connectivity index (χ1n) is 3.97. The van der Waals surface area contributed by atoms with Gasteiger partial charge in [-0.15, -0.1) is 0 Å². The molecule has 0 unspecified atom stereocenters. The van der Waals surface area contributed by atoms with E-state index in [4.69, 9.17) is 10.4 Å². The van der Waals surface area contributed by atoms with Crippen molar-refractivity contribution in [1.82, 2.24) is 0 Å². The molecule has 0 radical (unpaired) electrons. The van der Waals surface area contributed by atoms with Crippen LogP contribution in [0.25, 0.3) is 0 Å². The Kier molecular flexibility index (Phi) is 11.2. The Labute approximate surface area is 73.6 Å². The maximum atomic E-state index is 7.92. The quantitative estimate of drug-likeness (QED) is 0.383. The molecule has 0 saturated carbocycles. The molecular formula is C8H18N2O2. The van der Waals surface area contributed by atoms with Gasteiger partial charge in [0.25, 0.3) is 0 Å². The lowest BCUT2D eigenvalue weighted by Crippen LogP contribution is -1.83. The number of hydrogen-bond acceptors (Lipinski definition) is 4. The second kappa shape index (κ2) is 9.94. The fourth-order valence-electron chi connectivity index (χ4n) is 0.141. The van der Waals surface area contributed by atoms with Crippen LogP contribution in [-0.4, -0.2) is 21.8 Å². The second-order valence-corrected chi connectivity index (χ2v) is 2.38. The Morgan fingerprint density at radius 2 is 1.17 bits per heavy atom. The van der Waals surface area contributed by atoms with Crippen molar-refractivity contribution in [2.75, 3.05) is 0 Å². The van der Waals surface area contributed by atoms with E-state index in [1.165, 1.54) is 0 Å². The lowest BCUT2D eigenvalue weighted by molar-refractivity contribution is 0.317. The Morgan fingerprint density at radius 3 is 1.17 bits per heavy atom. The fourth-order valence-corrected chi connectivity index (χ4v) is 0.141. The zero-order valence-electron chi connectivity index (χ0n) is 8.20. The average Bonchev–Trinajstić information content (AvgIpc) is 2.16. The Morgan fingerprint density at radius 1 is 0.917 bits per heavy atom. The molecule has 2 N–H and O–H groups in total. The zero-order valence-corrected chi connectivity index (χ0v) is 8.20. The molecule has 12 heavy (non-hydrogen) atoms. The third-order valence-electron chi connectivity index (χ3n) is 1.36. The van der Waals surface area contributed by atoms with Crippen LogP contribution in [0.5, 0.6) is 0 Å². The summed E-state index contributed by atoms with van der Waals surface area (Å²) in [5.74, 6) is 0. The van der Waals surface area contributed by atoms with Crippen molar-refractivity contribution >= 4 is 11.4 Å². The number of rotatable bonds is 2. The summed E-state index contributed by atoms with van der Waals surface area (Å²) in [7, 11) is 0. The van der Waals surface area contributed by atoms with Gasteiger partial charge in [-0.3, -0.25) is 0 Å². The third-order valence-corrected chi connectivity index (χ3v) is 1.36. The normalized spacial score (nSPS) is 12.0. The van der Waals surface area contributed by atoms with E-state index < -0.39 is 0 Å². The maximum Gasteiger partial charge on any atom is 0.0537 e. The number of hydrogen-bond donors (Lipinski definition) is 2. The smallest absolute Gasteiger partial charge is 0.0537 e. The van der Waals surface area contributed by atoms with Gasteiger partial charge in [0, 0.05) is 0 Å². The summed E-state index contributed by atoms with van der Waals surface area (Å²) in [6.07, 6.45) is 1.66. The van der Waals surface area contributed by atoms with Gasteiger partial charge >= 0.3 is 0 Å². The number of nitrogens with zero attached hydrogens (tertiary/aromatic N) is 2. The molecule has 0 amide bonds. The van der Waals surface area contributed by atoms with E-state index in [1.54, 1.807) is 13.8 Å². The van der Waals surface area contributed by atoms with Crippen LogP contribution in [0.15, 0.2) is 10.3 Å². The molecular weight excluding hydrogens is 156 g/mol. The molecule has 4 nitrogen and oxygen atoms in total. The summed E-state index contributed by atoms with van der Waals surface area (Å²) in [5.41, 5.74) is 1.55. The highest BCUT2D eigenvalue weighted by Crippen LogP contribution is 1.78. The molecule has 0 aromatic carbocycles. The van der Waals surface area contributed by atoms with Crippen LogP contribution in [0, 0.1) is 0 Å². The van der Waals surface area contributed by atoms with Gasteiger partial charge in [0.1, 0.15) is 0 Å². The summed E-state index contributed by atoms with van der Waals surface area (Å²) < 4.78 is 0. The highest BCUT2D eigenvalue weighted by Gasteiger charge is 1.78. The van der Waals surface area contributed by atoms with Crippen molar-refractivity contribution < 1.29 is 10.4 Å². The minimum atomic E-state index is 0.773. The molecule has 0 bridgehead atoms. The van der Waals surface area contributed by atoms with Crippen molar-refractivity contribution in [2.24, 2.45) is 10.3 Å². The van der Waals surface area contributed by atoms with E-state index in [-0.39, 0.29) is 0 Å². The van der Waals surface area contributed by atoms with E-state index in [2.05, 4.69) is 10.3 Å². The minimum absolute atomic E-state index is 0.773. The molecule has 0 saturated heterocycles. The maximum absolute atomic E-state index is 7.92. The summed E-state index contributed by atoms with van der Waals surface area (Å²) >= 11 is 0. The highest BCUT2D eigenvalue weighted by atomic mass is 16.4. The minimum Gasteiger partial charge on any atom is -0.411 e. The lowest BCUT2D eigenvalue weighted by atomic mass is 10.3. The van der Waals surface area contributed by atoms with Crippen molar-refractivity contribution in [3.8, 4) is 0 Å². The standard InChI is InChI=1S/2C4H9NO/c2*1-3-4(2)5-6/h2*6H,3H2,1-2H3/b2*5-4-. The zero-order chi connectivity index (χ0) is 9.98. The van der Waals surface area contributed by atoms with Gasteiger partial charge < -0.3 is 10.4 Å². The summed E-state index contributed by atoms with van der Waals surface area (Å²) in [6, 6.07) is 0. The van der Waals surface area contributed by atoms with E-state index in [0.29, 0.717) is 0 Å². The van der Waals surface area contributed by atoms with Crippen molar-refractivity contribution in [3.05, 3.63) is 0 Å². The molecule has 0 fully saturated rings. The first kappa shape index (κ1) is 13.5. The first-order chi connectivity index (χ1) is 5.62. The Hall–Kier alpha value is -1.06. The monoisotopic (exact) mass is 174 g/mol. The van der Waals surface area contributed by atoms with Crippen LogP contribution in [-0.2, 0) is 0 Å². The molecule has 0 atom stereocenters. The summed E-state index contributed by atoms with van der Waals surface area (Å²) in [5, 5.41) is 21.7.